The van der Waals surface area contributed by atoms with E-state index in [1.807, 2.05) is 11.0 Å². The summed E-state index contributed by atoms with van der Waals surface area (Å²) in [5.74, 6) is 0.762. The summed E-state index contributed by atoms with van der Waals surface area (Å²) in [5.41, 5.74) is 1.37. The summed E-state index contributed by atoms with van der Waals surface area (Å²) in [7, 11) is 0. The molecular weight excluding hydrogens is 322 g/mol. The quantitative estimate of drug-likeness (QED) is 0.782. The molecule has 1 aromatic carbocycles. The summed E-state index contributed by atoms with van der Waals surface area (Å²) in [5, 5.41) is 3.28. The minimum atomic E-state index is 0.147. The van der Waals surface area contributed by atoms with Gasteiger partial charge in [-0.25, -0.2) is 4.79 Å². The Morgan fingerprint density at radius 3 is 2.42 bits per heavy atom. The number of amides is 2. The van der Waals surface area contributed by atoms with Crippen molar-refractivity contribution in [2.45, 2.75) is 51.1 Å². The van der Waals surface area contributed by atoms with Crippen molar-refractivity contribution in [3.05, 3.63) is 48.6 Å². The maximum Gasteiger partial charge on any atom is 0.317 e. The molecule has 1 N–H and O–H groups in total. The molecule has 0 saturated carbocycles. The van der Waals surface area contributed by atoms with Gasteiger partial charge in [-0.3, -0.25) is 4.90 Å². The lowest BCUT2D eigenvalue weighted by Gasteiger charge is -2.36. The van der Waals surface area contributed by atoms with Crippen LogP contribution in [0.3, 0.4) is 0 Å². The van der Waals surface area contributed by atoms with E-state index in [0.29, 0.717) is 6.04 Å². The number of hydrogen-bond acceptors (Lipinski definition) is 2. The highest BCUT2D eigenvalue weighted by molar-refractivity contribution is 5.74. The Morgan fingerprint density at radius 2 is 1.77 bits per heavy atom. The smallest absolute Gasteiger partial charge is 0.317 e. The number of benzene rings is 1. The Labute approximate surface area is 158 Å². The van der Waals surface area contributed by atoms with Crippen molar-refractivity contribution in [1.82, 2.24) is 15.1 Å². The molecular formula is C22H33N3O. The van der Waals surface area contributed by atoms with Crippen molar-refractivity contribution in [3.63, 3.8) is 0 Å². The monoisotopic (exact) mass is 355 g/mol. The second-order valence-electron chi connectivity index (χ2n) is 7.78. The number of hydrogen-bond donors (Lipinski definition) is 1. The van der Waals surface area contributed by atoms with Gasteiger partial charge in [0.1, 0.15) is 0 Å². The van der Waals surface area contributed by atoms with Gasteiger partial charge in [-0.1, -0.05) is 36.4 Å². The normalized spacial score (nSPS) is 20.1. The Morgan fingerprint density at radius 1 is 1.08 bits per heavy atom. The van der Waals surface area contributed by atoms with Crippen LogP contribution in [0, 0.1) is 5.92 Å². The predicted octanol–water partition coefficient (Wildman–Crippen LogP) is 4.04. The topological polar surface area (TPSA) is 35.6 Å². The van der Waals surface area contributed by atoms with Crippen LogP contribution in [0.5, 0.6) is 0 Å². The maximum absolute atomic E-state index is 12.5. The van der Waals surface area contributed by atoms with Crippen molar-refractivity contribution in [2.75, 3.05) is 26.2 Å². The number of carbonyl (C=O) groups excluding carboxylic acids is 1. The second kappa shape index (κ2) is 9.77. The third-order valence-corrected chi connectivity index (χ3v) is 5.84. The zero-order chi connectivity index (χ0) is 18.2. The van der Waals surface area contributed by atoms with E-state index in [0.717, 1.165) is 70.7 Å². The molecule has 0 unspecified atom stereocenters. The van der Waals surface area contributed by atoms with Gasteiger partial charge in [-0.05, 0) is 50.0 Å². The zero-order valence-corrected chi connectivity index (χ0v) is 15.9. The van der Waals surface area contributed by atoms with Gasteiger partial charge in [0.05, 0.1) is 0 Å². The SMILES string of the molecule is C=CCCC1CCN(C(=O)NC2CCN(Cc3ccccc3)CC2)CC1. The van der Waals surface area contributed by atoms with Crippen LogP contribution in [0.25, 0.3) is 0 Å². The molecule has 0 aliphatic carbocycles. The van der Waals surface area contributed by atoms with Gasteiger partial charge in [0.15, 0.2) is 0 Å². The second-order valence-corrected chi connectivity index (χ2v) is 7.78. The summed E-state index contributed by atoms with van der Waals surface area (Å²) in [6.07, 6.45) is 8.69. The van der Waals surface area contributed by atoms with E-state index >= 15 is 0 Å². The molecule has 4 nitrogen and oxygen atoms in total. The van der Waals surface area contributed by atoms with E-state index in [9.17, 15) is 4.79 Å². The molecule has 3 rings (SSSR count). The molecule has 2 heterocycles. The largest absolute Gasteiger partial charge is 0.335 e. The zero-order valence-electron chi connectivity index (χ0n) is 15.9. The van der Waals surface area contributed by atoms with Gasteiger partial charge in [-0.2, -0.15) is 0 Å². The molecule has 0 spiro atoms. The van der Waals surface area contributed by atoms with E-state index in [4.69, 9.17) is 0 Å². The summed E-state index contributed by atoms with van der Waals surface area (Å²) < 4.78 is 0. The van der Waals surface area contributed by atoms with Gasteiger partial charge in [0.25, 0.3) is 0 Å². The molecule has 26 heavy (non-hydrogen) atoms. The molecule has 2 aliphatic rings. The van der Waals surface area contributed by atoms with E-state index in [2.05, 4.69) is 47.1 Å². The number of urea groups is 1. The molecule has 2 saturated heterocycles. The standard InChI is InChI=1S/C22H33N3O/c1-2-3-7-19-10-16-25(17-11-19)22(26)23-21-12-14-24(15-13-21)18-20-8-5-4-6-9-20/h2,4-6,8-9,19,21H,1,3,7,10-18H2,(H,23,26). The molecule has 2 aliphatic heterocycles. The molecule has 4 heteroatoms. The molecule has 2 amide bonds. The van der Waals surface area contributed by atoms with Crippen molar-refractivity contribution in [2.24, 2.45) is 5.92 Å². The van der Waals surface area contributed by atoms with Gasteiger partial charge in [0, 0.05) is 38.8 Å². The number of piperidine rings is 2. The van der Waals surface area contributed by atoms with Crippen LogP contribution in [-0.4, -0.2) is 48.1 Å². The van der Waals surface area contributed by atoms with Crippen molar-refractivity contribution in [3.8, 4) is 0 Å². The van der Waals surface area contributed by atoms with Gasteiger partial charge in [-0.15, -0.1) is 6.58 Å². The summed E-state index contributed by atoms with van der Waals surface area (Å²) in [6.45, 7) is 8.74. The van der Waals surface area contributed by atoms with E-state index < -0.39 is 0 Å². The number of carbonyl (C=O) groups is 1. The average Bonchev–Trinajstić information content (AvgIpc) is 2.69. The number of nitrogens with one attached hydrogen (secondary N) is 1. The lowest BCUT2D eigenvalue weighted by Crippen LogP contribution is -2.50. The molecule has 0 radical (unpaired) electrons. The Hall–Kier alpha value is -1.81. The first-order chi connectivity index (χ1) is 12.7. The van der Waals surface area contributed by atoms with Crippen molar-refractivity contribution >= 4 is 6.03 Å². The fourth-order valence-electron chi connectivity index (χ4n) is 4.12. The fourth-order valence-corrected chi connectivity index (χ4v) is 4.12. The Bertz CT molecular complexity index is 558. The highest BCUT2D eigenvalue weighted by Gasteiger charge is 2.26. The van der Waals surface area contributed by atoms with E-state index in [-0.39, 0.29) is 6.03 Å². The minimum absolute atomic E-state index is 0.147. The number of allylic oxidation sites excluding steroid dienone is 1. The molecule has 0 atom stereocenters. The van der Waals surface area contributed by atoms with Crippen LogP contribution in [0.2, 0.25) is 0 Å². The molecule has 1 aromatic rings. The lowest BCUT2D eigenvalue weighted by atomic mass is 9.92. The first-order valence-electron chi connectivity index (χ1n) is 10.2. The van der Waals surface area contributed by atoms with E-state index in [1.54, 1.807) is 0 Å². The third-order valence-electron chi connectivity index (χ3n) is 5.84. The lowest BCUT2D eigenvalue weighted by molar-refractivity contribution is 0.151. The van der Waals surface area contributed by atoms with Crippen LogP contribution in [0.15, 0.2) is 43.0 Å². The fraction of sp³-hybridized carbons (Fsp3) is 0.591. The van der Waals surface area contributed by atoms with Crippen LogP contribution >= 0.6 is 0 Å². The Balaban J connectivity index is 1.35. The molecule has 0 aromatic heterocycles. The maximum atomic E-state index is 12.5. The van der Waals surface area contributed by atoms with Crippen LogP contribution in [0.1, 0.15) is 44.1 Å². The third kappa shape index (κ3) is 5.60. The van der Waals surface area contributed by atoms with Crippen LogP contribution < -0.4 is 5.32 Å². The van der Waals surface area contributed by atoms with E-state index in [1.165, 1.54) is 12.0 Å². The number of nitrogens with zero attached hydrogens (tertiary/aromatic N) is 2. The number of rotatable bonds is 6. The molecule has 2 fully saturated rings. The van der Waals surface area contributed by atoms with Gasteiger partial charge >= 0.3 is 6.03 Å². The van der Waals surface area contributed by atoms with Crippen molar-refractivity contribution in [1.29, 1.82) is 0 Å². The summed E-state index contributed by atoms with van der Waals surface area (Å²) in [4.78, 5) is 17.0. The average molecular weight is 356 g/mol. The minimum Gasteiger partial charge on any atom is -0.335 e. The first kappa shape index (κ1) is 19.0. The van der Waals surface area contributed by atoms with Crippen LogP contribution in [0.4, 0.5) is 4.79 Å². The van der Waals surface area contributed by atoms with Gasteiger partial charge < -0.3 is 10.2 Å². The molecule has 0 bridgehead atoms. The van der Waals surface area contributed by atoms with Gasteiger partial charge in [0.2, 0.25) is 0 Å². The van der Waals surface area contributed by atoms with Crippen LogP contribution in [-0.2, 0) is 6.54 Å². The highest BCUT2D eigenvalue weighted by Crippen LogP contribution is 2.22. The predicted molar refractivity (Wildman–Crippen MR) is 107 cm³/mol. The molecule has 142 valence electrons. The highest BCUT2D eigenvalue weighted by atomic mass is 16.2. The first-order valence-corrected chi connectivity index (χ1v) is 10.2. The Kier molecular flexibility index (Phi) is 7.13. The number of likely N-dealkylation sites (tertiary alicyclic amines) is 2. The summed E-state index contributed by atoms with van der Waals surface area (Å²) >= 11 is 0. The van der Waals surface area contributed by atoms with Crippen molar-refractivity contribution < 1.29 is 4.79 Å². The summed E-state index contributed by atoms with van der Waals surface area (Å²) in [6, 6.07) is 11.1.